The summed E-state index contributed by atoms with van der Waals surface area (Å²) < 4.78 is 41.7. The Morgan fingerprint density at radius 1 is 1.40 bits per heavy atom. The molecule has 0 fully saturated rings. The molecule has 0 aliphatic rings. The van der Waals surface area contributed by atoms with Crippen LogP contribution in [0.1, 0.15) is 10.4 Å². The molecule has 0 atom stereocenters. The maximum absolute atomic E-state index is 12.1. The van der Waals surface area contributed by atoms with Gasteiger partial charge in [0, 0.05) is 6.54 Å². The number of hydrogen-bond donors (Lipinski definition) is 2. The van der Waals surface area contributed by atoms with Crippen LogP contribution in [-0.2, 0) is 0 Å². The van der Waals surface area contributed by atoms with Gasteiger partial charge >= 0.3 is 6.18 Å². The van der Waals surface area contributed by atoms with Gasteiger partial charge in [-0.3, -0.25) is 15.1 Å². The molecule has 0 aromatic heterocycles. The number of nitrogens with one attached hydrogen (secondary N) is 1. The van der Waals surface area contributed by atoms with Gasteiger partial charge in [-0.1, -0.05) is 12.1 Å². The van der Waals surface area contributed by atoms with Crippen molar-refractivity contribution in [2.24, 2.45) is 5.84 Å². The van der Waals surface area contributed by atoms with Gasteiger partial charge in [-0.05, 0) is 19.2 Å². The number of ether oxygens (including phenoxy) is 1. The van der Waals surface area contributed by atoms with Crippen LogP contribution in [0.5, 0.6) is 5.75 Å². The Morgan fingerprint density at radius 3 is 2.65 bits per heavy atom. The minimum absolute atomic E-state index is 0.0292. The summed E-state index contributed by atoms with van der Waals surface area (Å²) in [6.07, 6.45) is -4.24. The Balaban J connectivity index is 2.52. The minimum atomic E-state index is -4.24. The van der Waals surface area contributed by atoms with Crippen molar-refractivity contribution in [2.45, 2.75) is 6.18 Å². The molecule has 0 radical (unpaired) electrons. The van der Waals surface area contributed by atoms with Gasteiger partial charge in [0.05, 0.1) is 12.1 Å². The Kier molecular flexibility index (Phi) is 5.78. The number of para-hydroxylation sites is 1. The lowest BCUT2D eigenvalue weighted by atomic mass is 10.2. The summed E-state index contributed by atoms with van der Waals surface area (Å²) in [5.41, 5.74) is 2.20. The Bertz CT molecular complexity index is 452. The second-order valence-electron chi connectivity index (χ2n) is 4.17. The summed E-state index contributed by atoms with van der Waals surface area (Å²) in [6.45, 7) is -0.902. The normalized spacial score (nSPS) is 11.5. The van der Waals surface area contributed by atoms with Crippen molar-refractivity contribution in [2.75, 3.05) is 26.7 Å². The summed E-state index contributed by atoms with van der Waals surface area (Å²) in [5, 5.41) is 0. The molecular formula is C12H16F3N3O2. The third-order valence-corrected chi connectivity index (χ3v) is 2.44. The Morgan fingerprint density at radius 2 is 2.05 bits per heavy atom. The number of hydrazine groups is 1. The third-order valence-electron chi connectivity index (χ3n) is 2.44. The molecule has 0 saturated heterocycles. The minimum Gasteiger partial charge on any atom is -0.491 e. The van der Waals surface area contributed by atoms with Crippen molar-refractivity contribution in [3.63, 3.8) is 0 Å². The van der Waals surface area contributed by atoms with E-state index in [0.717, 1.165) is 4.90 Å². The molecule has 0 aliphatic carbocycles. The van der Waals surface area contributed by atoms with Gasteiger partial charge in [0.1, 0.15) is 12.4 Å². The van der Waals surface area contributed by atoms with Crippen molar-refractivity contribution in [1.82, 2.24) is 10.3 Å². The van der Waals surface area contributed by atoms with E-state index < -0.39 is 18.6 Å². The van der Waals surface area contributed by atoms with E-state index in [4.69, 9.17) is 10.6 Å². The number of hydrogen-bond acceptors (Lipinski definition) is 4. The Labute approximate surface area is 114 Å². The number of halogens is 3. The summed E-state index contributed by atoms with van der Waals surface area (Å²) in [4.78, 5) is 12.5. The van der Waals surface area contributed by atoms with Gasteiger partial charge in [0.2, 0.25) is 0 Å². The molecular weight excluding hydrogens is 275 g/mol. The van der Waals surface area contributed by atoms with Gasteiger partial charge in [0.25, 0.3) is 5.91 Å². The molecule has 1 rings (SSSR count). The van der Waals surface area contributed by atoms with Gasteiger partial charge in [-0.15, -0.1) is 0 Å². The number of carbonyl (C=O) groups is 1. The smallest absolute Gasteiger partial charge is 0.401 e. The van der Waals surface area contributed by atoms with Crippen LogP contribution in [0.3, 0.4) is 0 Å². The van der Waals surface area contributed by atoms with Crippen molar-refractivity contribution in [3.05, 3.63) is 29.8 Å². The van der Waals surface area contributed by atoms with E-state index >= 15 is 0 Å². The fourth-order valence-electron chi connectivity index (χ4n) is 1.55. The predicted octanol–water partition coefficient (Wildman–Crippen LogP) is 1.16. The fraction of sp³-hybridized carbons (Fsp3) is 0.417. The van der Waals surface area contributed by atoms with Gasteiger partial charge in [-0.2, -0.15) is 13.2 Å². The van der Waals surface area contributed by atoms with Crippen molar-refractivity contribution >= 4 is 5.91 Å². The standard InChI is InChI=1S/C12H16F3N3O2/c1-18(8-12(13,14)15)6-7-20-10-5-3-2-4-9(10)11(19)17-16/h2-5H,6-8,16H2,1H3,(H,17,19). The monoisotopic (exact) mass is 291 g/mol. The van der Waals surface area contributed by atoms with Crippen LogP contribution in [0.15, 0.2) is 24.3 Å². The molecule has 1 aromatic carbocycles. The second-order valence-corrected chi connectivity index (χ2v) is 4.17. The topological polar surface area (TPSA) is 67.6 Å². The molecule has 0 aliphatic heterocycles. The van der Waals surface area contributed by atoms with Crippen LogP contribution in [0, 0.1) is 0 Å². The molecule has 1 aromatic rings. The first kappa shape index (κ1) is 16.3. The Hall–Kier alpha value is -1.80. The first-order valence-electron chi connectivity index (χ1n) is 5.81. The summed E-state index contributed by atoms with van der Waals surface area (Å²) >= 11 is 0. The number of nitrogen functional groups attached to an aromatic ring is 1. The van der Waals surface area contributed by atoms with Crippen LogP contribution in [0.2, 0.25) is 0 Å². The quantitative estimate of drug-likeness (QED) is 0.469. The lowest BCUT2D eigenvalue weighted by Crippen LogP contribution is -2.34. The third kappa shape index (κ3) is 5.45. The molecule has 5 nitrogen and oxygen atoms in total. The predicted molar refractivity (Wildman–Crippen MR) is 67.1 cm³/mol. The highest BCUT2D eigenvalue weighted by molar-refractivity contribution is 5.96. The number of alkyl halides is 3. The second kappa shape index (κ2) is 7.11. The SMILES string of the molecule is CN(CCOc1ccccc1C(=O)NN)CC(F)(F)F. The van der Waals surface area contributed by atoms with E-state index in [9.17, 15) is 18.0 Å². The average Bonchev–Trinajstić information content (AvgIpc) is 2.36. The van der Waals surface area contributed by atoms with Gasteiger partial charge in [0.15, 0.2) is 0 Å². The molecule has 1 amide bonds. The molecule has 8 heteroatoms. The molecule has 0 bridgehead atoms. The summed E-state index contributed by atoms with van der Waals surface area (Å²) in [7, 11) is 1.34. The van der Waals surface area contributed by atoms with E-state index in [2.05, 4.69) is 0 Å². The average molecular weight is 291 g/mol. The van der Waals surface area contributed by atoms with Crippen LogP contribution in [0.4, 0.5) is 13.2 Å². The number of nitrogens with zero attached hydrogens (tertiary/aromatic N) is 1. The van der Waals surface area contributed by atoms with E-state index in [1.807, 2.05) is 5.43 Å². The molecule has 0 saturated carbocycles. The highest BCUT2D eigenvalue weighted by atomic mass is 19.4. The number of benzene rings is 1. The van der Waals surface area contributed by atoms with Crippen LogP contribution in [0.25, 0.3) is 0 Å². The number of nitrogens with two attached hydrogens (primary N) is 1. The number of amides is 1. The van der Waals surface area contributed by atoms with E-state index in [1.54, 1.807) is 18.2 Å². The zero-order valence-corrected chi connectivity index (χ0v) is 10.9. The summed E-state index contributed by atoms with van der Waals surface area (Å²) in [6, 6.07) is 6.35. The lowest BCUT2D eigenvalue weighted by Gasteiger charge is -2.19. The van der Waals surface area contributed by atoms with Crippen LogP contribution >= 0.6 is 0 Å². The highest BCUT2D eigenvalue weighted by Gasteiger charge is 2.28. The first-order valence-corrected chi connectivity index (χ1v) is 5.81. The summed E-state index contributed by atoms with van der Waals surface area (Å²) in [5.74, 6) is 4.78. The molecule has 3 N–H and O–H groups in total. The maximum Gasteiger partial charge on any atom is 0.401 e. The van der Waals surface area contributed by atoms with Gasteiger partial charge in [-0.25, -0.2) is 5.84 Å². The van der Waals surface area contributed by atoms with Crippen molar-refractivity contribution in [3.8, 4) is 5.75 Å². The number of likely N-dealkylation sites (N-methyl/N-ethyl adjacent to an activating group) is 1. The van der Waals surface area contributed by atoms with Crippen molar-refractivity contribution in [1.29, 1.82) is 0 Å². The highest BCUT2D eigenvalue weighted by Crippen LogP contribution is 2.18. The largest absolute Gasteiger partial charge is 0.491 e. The molecule has 112 valence electrons. The molecule has 0 unspecified atom stereocenters. The fourth-order valence-corrected chi connectivity index (χ4v) is 1.55. The van der Waals surface area contributed by atoms with Crippen LogP contribution < -0.4 is 16.0 Å². The van der Waals surface area contributed by atoms with E-state index in [1.165, 1.54) is 13.1 Å². The van der Waals surface area contributed by atoms with E-state index in [-0.39, 0.29) is 24.5 Å². The van der Waals surface area contributed by atoms with E-state index in [0.29, 0.717) is 0 Å². The maximum atomic E-state index is 12.1. The van der Waals surface area contributed by atoms with Crippen LogP contribution in [-0.4, -0.2) is 43.7 Å². The number of rotatable bonds is 6. The first-order chi connectivity index (χ1) is 9.33. The zero-order valence-electron chi connectivity index (χ0n) is 10.9. The molecule has 20 heavy (non-hydrogen) atoms. The zero-order chi connectivity index (χ0) is 15.2. The lowest BCUT2D eigenvalue weighted by molar-refractivity contribution is -0.143. The van der Waals surface area contributed by atoms with Crippen molar-refractivity contribution < 1.29 is 22.7 Å². The number of carbonyl (C=O) groups excluding carboxylic acids is 1. The molecule has 0 heterocycles. The van der Waals surface area contributed by atoms with Gasteiger partial charge < -0.3 is 4.74 Å². The molecule has 0 spiro atoms.